The van der Waals surface area contributed by atoms with Crippen molar-refractivity contribution in [2.24, 2.45) is 11.8 Å². The molecule has 3 unspecified atom stereocenters. The van der Waals surface area contributed by atoms with E-state index in [0.29, 0.717) is 6.04 Å². The molecule has 1 saturated heterocycles. The van der Waals surface area contributed by atoms with E-state index >= 15 is 0 Å². The lowest BCUT2D eigenvalue weighted by Gasteiger charge is -2.29. The quantitative estimate of drug-likeness (QED) is 0.864. The van der Waals surface area contributed by atoms with Crippen LogP contribution in [0.1, 0.15) is 59.8 Å². The third-order valence-electron chi connectivity index (χ3n) is 4.62. The van der Waals surface area contributed by atoms with Crippen LogP contribution in [-0.4, -0.2) is 42.3 Å². The Morgan fingerprint density at radius 2 is 2.00 bits per heavy atom. The van der Waals surface area contributed by atoms with E-state index in [1.54, 1.807) is 0 Å². The molecule has 0 bridgehead atoms. The molecular weight excluding hydrogens is 264 g/mol. The zero-order valence-electron chi connectivity index (χ0n) is 14.2. The molecule has 2 fully saturated rings. The molecule has 122 valence electrons. The lowest BCUT2D eigenvalue weighted by atomic mass is 10.1. The number of carbonyl (C=O) groups is 1. The van der Waals surface area contributed by atoms with Crippen molar-refractivity contribution in [3.05, 3.63) is 0 Å². The van der Waals surface area contributed by atoms with Crippen LogP contribution in [0, 0.1) is 11.8 Å². The molecule has 0 spiro atoms. The fourth-order valence-corrected chi connectivity index (χ4v) is 3.57. The standard InChI is InChI=1S/C17H32N2O2/c1-13-7-8-14(10-13)11-18-12-15-6-5-9-19(15)16(20)21-17(2,3)4/h13-15,18H,5-12H2,1-4H3. The van der Waals surface area contributed by atoms with Crippen molar-refractivity contribution in [2.45, 2.75) is 71.4 Å². The Morgan fingerprint density at radius 3 is 2.62 bits per heavy atom. The van der Waals surface area contributed by atoms with Crippen LogP contribution in [0.3, 0.4) is 0 Å². The Morgan fingerprint density at radius 1 is 1.24 bits per heavy atom. The minimum absolute atomic E-state index is 0.152. The van der Waals surface area contributed by atoms with Gasteiger partial charge >= 0.3 is 6.09 Å². The van der Waals surface area contributed by atoms with Gasteiger partial charge in [-0.05, 0) is 64.8 Å². The molecule has 0 radical (unpaired) electrons. The van der Waals surface area contributed by atoms with Gasteiger partial charge in [0.15, 0.2) is 0 Å². The summed E-state index contributed by atoms with van der Waals surface area (Å²) in [6.45, 7) is 11.0. The lowest BCUT2D eigenvalue weighted by molar-refractivity contribution is 0.0226. The summed E-state index contributed by atoms with van der Waals surface area (Å²) in [6.07, 6.45) is 6.11. The number of rotatable bonds is 4. The lowest BCUT2D eigenvalue weighted by Crippen LogP contribution is -2.44. The van der Waals surface area contributed by atoms with Gasteiger partial charge in [0.1, 0.15) is 5.60 Å². The van der Waals surface area contributed by atoms with Gasteiger partial charge in [-0.1, -0.05) is 13.3 Å². The van der Waals surface area contributed by atoms with Crippen LogP contribution < -0.4 is 5.32 Å². The summed E-state index contributed by atoms with van der Waals surface area (Å²) in [5, 5.41) is 3.59. The van der Waals surface area contributed by atoms with E-state index in [1.165, 1.54) is 19.3 Å². The molecule has 1 saturated carbocycles. The van der Waals surface area contributed by atoms with Crippen molar-refractivity contribution >= 4 is 6.09 Å². The number of hydrogen-bond acceptors (Lipinski definition) is 3. The average molecular weight is 296 g/mol. The third-order valence-corrected chi connectivity index (χ3v) is 4.62. The van der Waals surface area contributed by atoms with Gasteiger partial charge in [0.2, 0.25) is 0 Å². The summed E-state index contributed by atoms with van der Waals surface area (Å²) in [4.78, 5) is 14.1. The summed E-state index contributed by atoms with van der Waals surface area (Å²) < 4.78 is 5.50. The molecular formula is C17H32N2O2. The number of nitrogens with one attached hydrogen (secondary N) is 1. The van der Waals surface area contributed by atoms with Gasteiger partial charge in [-0.3, -0.25) is 0 Å². The summed E-state index contributed by atoms with van der Waals surface area (Å²) in [6, 6.07) is 0.304. The Balaban J connectivity index is 1.73. The largest absolute Gasteiger partial charge is 0.444 e. The van der Waals surface area contributed by atoms with Crippen LogP contribution in [0.25, 0.3) is 0 Å². The summed E-state index contributed by atoms with van der Waals surface area (Å²) in [7, 11) is 0. The van der Waals surface area contributed by atoms with E-state index in [0.717, 1.165) is 44.3 Å². The Labute approximate surface area is 129 Å². The molecule has 1 N–H and O–H groups in total. The van der Waals surface area contributed by atoms with E-state index < -0.39 is 5.60 Å². The monoisotopic (exact) mass is 296 g/mol. The van der Waals surface area contributed by atoms with Gasteiger partial charge < -0.3 is 15.0 Å². The third kappa shape index (κ3) is 5.17. The molecule has 4 nitrogen and oxygen atoms in total. The fraction of sp³-hybridized carbons (Fsp3) is 0.941. The molecule has 1 amide bonds. The van der Waals surface area contributed by atoms with Crippen LogP contribution in [0.2, 0.25) is 0 Å². The predicted octanol–water partition coefficient (Wildman–Crippen LogP) is 3.41. The first kappa shape index (κ1) is 16.6. The second kappa shape index (κ2) is 6.99. The molecule has 0 aromatic carbocycles. The maximum Gasteiger partial charge on any atom is 0.410 e. The first-order chi connectivity index (χ1) is 9.85. The Hall–Kier alpha value is -0.770. The zero-order valence-corrected chi connectivity index (χ0v) is 14.2. The molecule has 1 heterocycles. The van der Waals surface area contributed by atoms with Gasteiger partial charge in [0.25, 0.3) is 0 Å². The molecule has 3 atom stereocenters. The molecule has 0 aromatic heterocycles. The summed E-state index contributed by atoms with van der Waals surface area (Å²) in [5.41, 5.74) is -0.405. The van der Waals surface area contributed by atoms with E-state index in [4.69, 9.17) is 4.74 Å². The molecule has 2 rings (SSSR count). The molecule has 1 aliphatic heterocycles. The van der Waals surface area contributed by atoms with Crippen LogP contribution in [0.5, 0.6) is 0 Å². The molecule has 0 aromatic rings. The SMILES string of the molecule is CC1CCC(CNCC2CCCN2C(=O)OC(C)(C)C)C1. The smallest absolute Gasteiger partial charge is 0.410 e. The second-order valence-electron chi connectivity index (χ2n) is 7.91. The molecule has 21 heavy (non-hydrogen) atoms. The highest BCUT2D eigenvalue weighted by molar-refractivity contribution is 5.69. The maximum absolute atomic E-state index is 12.2. The Kier molecular flexibility index (Phi) is 5.53. The van der Waals surface area contributed by atoms with Crippen molar-refractivity contribution in [1.29, 1.82) is 0 Å². The van der Waals surface area contributed by atoms with E-state index in [1.807, 2.05) is 25.7 Å². The summed E-state index contributed by atoms with van der Waals surface area (Å²) in [5.74, 6) is 1.72. The van der Waals surface area contributed by atoms with Crippen molar-refractivity contribution < 1.29 is 9.53 Å². The minimum Gasteiger partial charge on any atom is -0.444 e. The number of likely N-dealkylation sites (tertiary alicyclic amines) is 1. The first-order valence-corrected chi connectivity index (χ1v) is 8.55. The van der Waals surface area contributed by atoms with Gasteiger partial charge in [-0.15, -0.1) is 0 Å². The van der Waals surface area contributed by atoms with E-state index in [-0.39, 0.29) is 6.09 Å². The topological polar surface area (TPSA) is 41.6 Å². The van der Waals surface area contributed by atoms with E-state index in [9.17, 15) is 4.79 Å². The highest BCUT2D eigenvalue weighted by Crippen LogP contribution is 2.29. The van der Waals surface area contributed by atoms with Gasteiger partial charge in [0, 0.05) is 19.1 Å². The second-order valence-corrected chi connectivity index (χ2v) is 7.91. The van der Waals surface area contributed by atoms with Crippen molar-refractivity contribution in [1.82, 2.24) is 10.2 Å². The van der Waals surface area contributed by atoms with Crippen LogP contribution in [-0.2, 0) is 4.74 Å². The van der Waals surface area contributed by atoms with Crippen LogP contribution in [0.15, 0.2) is 0 Å². The average Bonchev–Trinajstić information content (AvgIpc) is 2.96. The van der Waals surface area contributed by atoms with Gasteiger partial charge in [-0.25, -0.2) is 4.79 Å². The summed E-state index contributed by atoms with van der Waals surface area (Å²) >= 11 is 0. The maximum atomic E-state index is 12.2. The van der Waals surface area contributed by atoms with Crippen LogP contribution in [0.4, 0.5) is 4.79 Å². The van der Waals surface area contributed by atoms with Crippen molar-refractivity contribution in [3.63, 3.8) is 0 Å². The highest BCUT2D eigenvalue weighted by atomic mass is 16.6. The minimum atomic E-state index is -0.405. The van der Waals surface area contributed by atoms with Gasteiger partial charge in [-0.2, -0.15) is 0 Å². The highest BCUT2D eigenvalue weighted by Gasteiger charge is 2.32. The Bertz CT molecular complexity index is 351. The number of carbonyl (C=O) groups excluding carboxylic acids is 1. The van der Waals surface area contributed by atoms with Crippen molar-refractivity contribution in [3.8, 4) is 0 Å². The number of ether oxygens (including phenoxy) is 1. The number of hydrogen-bond donors (Lipinski definition) is 1. The molecule has 2 aliphatic rings. The normalized spacial score (nSPS) is 29.9. The fourth-order valence-electron chi connectivity index (χ4n) is 3.57. The van der Waals surface area contributed by atoms with E-state index in [2.05, 4.69) is 12.2 Å². The molecule has 4 heteroatoms. The van der Waals surface area contributed by atoms with Gasteiger partial charge in [0.05, 0.1) is 0 Å². The predicted molar refractivity (Wildman–Crippen MR) is 85.3 cm³/mol. The van der Waals surface area contributed by atoms with Crippen LogP contribution >= 0.6 is 0 Å². The zero-order chi connectivity index (χ0) is 15.5. The number of amides is 1. The van der Waals surface area contributed by atoms with Crippen molar-refractivity contribution in [2.75, 3.05) is 19.6 Å². The first-order valence-electron chi connectivity index (χ1n) is 8.55. The molecule has 1 aliphatic carbocycles. The number of nitrogens with zero attached hydrogens (tertiary/aromatic N) is 1.